The monoisotopic (exact) mass is 474 g/mol. The van der Waals surface area contributed by atoms with Gasteiger partial charge in [-0.3, -0.25) is 9.48 Å². The van der Waals surface area contributed by atoms with E-state index < -0.39 is 11.5 Å². The van der Waals surface area contributed by atoms with Gasteiger partial charge in [0.1, 0.15) is 5.69 Å². The fourth-order valence-electron chi connectivity index (χ4n) is 4.26. The second-order valence-corrected chi connectivity index (χ2v) is 8.49. The number of nitrogens with zero attached hydrogens (tertiary/aromatic N) is 7. The minimum atomic E-state index is -1.71. The number of fused-ring (bicyclic) bond motifs is 1. The molecule has 0 unspecified atom stereocenters. The van der Waals surface area contributed by atoms with E-state index in [1.54, 1.807) is 37.6 Å². The SMILES string of the molecule is CN1CC[C@@](O)(c2cc(-c3cccc(-c4ccnc(Nc5cnn6c5COCC6)n4)n3)no2)C1=O. The predicted molar refractivity (Wildman–Crippen MR) is 122 cm³/mol. The van der Waals surface area contributed by atoms with Gasteiger partial charge in [0.15, 0.2) is 5.76 Å². The van der Waals surface area contributed by atoms with Gasteiger partial charge in [-0.15, -0.1) is 0 Å². The third kappa shape index (κ3) is 3.72. The summed E-state index contributed by atoms with van der Waals surface area (Å²) in [6.45, 7) is 2.27. The van der Waals surface area contributed by atoms with E-state index in [2.05, 4.69) is 30.5 Å². The maximum Gasteiger partial charge on any atom is 0.262 e. The Balaban J connectivity index is 1.26. The number of anilines is 2. The van der Waals surface area contributed by atoms with Crippen LogP contribution in [-0.4, -0.2) is 66.0 Å². The van der Waals surface area contributed by atoms with Gasteiger partial charge in [0, 0.05) is 32.3 Å². The normalized spacial score (nSPS) is 19.7. The molecule has 6 heterocycles. The molecule has 12 nitrogen and oxygen atoms in total. The molecular weight excluding hydrogens is 452 g/mol. The Labute approximate surface area is 199 Å². The van der Waals surface area contributed by atoms with Crippen LogP contribution in [0, 0.1) is 0 Å². The van der Waals surface area contributed by atoms with E-state index in [1.165, 1.54) is 4.90 Å². The van der Waals surface area contributed by atoms with Gasteiger partial charge in [-0.05, 0) is 18.2 Å². The zero-order chi connectivity index (χ0) is 24.0. The number of nitrogens with one attached hydrogen (secondary N) is 1. The fraction of sp³-hybridized carbons (Fsp3) is 0.304. The van der Waals surface area contributed by atoms with Crippen LogP contribution in [-0.2, 0) is 28.3 Å². The summed E-state index contributed by atoms with van der Waals surface area (Å²) in [5, 5.41) is 22.4. The third-order valence-electron chi connectivity index (χ3n) is 6.24. The topological polar surface area (TPSA) is 144 Å². The Morgan fingerprint density at radius 2 is 1.94 bits per heavy atom. The van der Waals surface area contributed by atoms with Gasteiger partial charge in [-0.25, -0.2) is 15.0 Å². The number of aromatic nitrogens is 6. The Hall–Kier alpha value is -4.16. The highest BCUT2D eigenvalue weighted by Crippen LogP contribution is 2.34. The molecule has 35 heavy (non-hydrogen) atoms. The van der Waals surface area contributed by atoms with Crippen molar-refractivity contribution < 1.29 is 19.2 Å². The number of rotatable bonds is 5. The van der Waals surface area contributed by atoms with Crippen LogP contribution in [0.25, 0.3) is 22.8 Å². The molecule has 0 aromatic carbocycles. The van der Waals surface area contributed by atoms with Gasteiger partial charge in [0.2, 0.25) is 11.5 Å². The summed E-state index contributed by atoms with van der Waals surface area (Å²) >= 11 is 0. The van der Waals surface area contributed by atoms with Crippen LogP contribution in [0.1, 0.15) is 17.9 Å². The molecule has 2 aliphatic heterocycles. The van der Waals surface area contributed by atoms with Crippen LogP contribution in [0.4, 0.5) is 11.6 Å². The number of likely N-dealkylation sites (tertiary alicyclic amines) is 1. The van der Waals surface area contributed by atoms with Crippen LogP contribution in [0.3, 0.4) is 0 Å². The Morgan fingerprint density at radius 1 is 1.11 bits per heavy atom. The van der Waals surface area contributed by atoms with Crippen molar-refractivity contribution in [2.24, 2.45) is 0 Å². The molecule has 1 amide bonds. The lowest BCUT2D eigenvalue weighted by atomic mass is 9.98. The first-order valence-electron chi connectivity index (χ1n) is 11.2. The molecule has 1 saturated heterocycles. The molecule has 12 heteroatoms. The second-order valence-electron chi connectivity index (χ2n) is 8.49. The highest BCUT2D eigenvalue weighted by Gasteiger charge is 2.48. The molecule has 1 atom stereocenters. The zero-order valence-electron chi connectivity index (χ0n) is 18.9. The summed E-state index contributed by atoms with van der Waals surface area (Å²) in [5.41, 5.74) is 2.19. The number of ether oxygens (including phenoxy) is 1. The summed E-state index contributed by atoms with van der Waals surface area (Å²) in [6, 6.07) is 8.75. The van der Waals surface area contributed by atoms with Crippen LogP contribution in [0.15, 0.2) is 47.2 Å². The van der Waals surface area contributed by atoms with Gasteiger partial charge in [-0.2, -0.15) is 5.10 Å². The lowest BCUT2D eigenvalue weighted by Crippen LogP contribution is -2.35. The van der Waals surface area contributed by atoms with Crippen molar-refractivity contribution in [3.63, 3.8) is 0 Å². The average Bonchev–Trinajstić information content (AvgIpc) is 3.61. The number of pyridine rings is 1. The Morgan fingerprint density at radius 3 is 2.77 bits per heavy atom. The molecule has 0 saturated carbocycles. The highest BCUT2D eigenvalue weighted by atomic mass is 16.5. The van der Waals surface area contributed by atoms with Crippen molar-refractivity contribution in [2.75, 3.05) is 25.5 Å². The number of carbonyl (C=O) groups is 1. The molecule has 2 aliphatic rings. The molecule has 0 bridgehead atoms. The first kappa shape index (κ1) is 21.4. The number of amides is 1. The lowest BCUT2D eigenvalue weighted by molar-refractivity contribution is -0.144. The molecule has 4 aromatic heterocycles. The van der Waals surface area contributed by atoms with Crippen LogP contribution >= 0.6 is 0 Å². The molecule has 1 fully saturated rings. The predicted octanol–water partition coefficient (Wildman–Crippen LogP) is 1.71. The van der Waals surface area contributed by atoms with E-state index in [4.69, 9.17) is 9.26 Å². The summed E-state index contributed by atoms with van der Waals surface area (Å²) in [5.74, 6) is 0.108. The third-order valence-corrected chi connectivity index (χ3v) is 6.24. The highest BCUT2D eigenvalue weighted by molar-refractivity contribution is 5.87. The molecule has 0 radical (unpaired) electrons. The lowest BCUT2D eigenvalue weighted by Gasteiger charge is -2.16. The van der Waals surface area contributed by atoms with Crippen LogP contribution in [0.5, 0.6) is 0 Å². The van der Waals surface area contributed by atoms with E-state index in [-0.39, 0.29) is 12.2 Å². The summed E-state index contributed by atoms with van der Waals surface area (Å²) in [7, 11) is 1.64. The summed E-state index contributed by atoms with van der Waals surface area (Å²) in [6.07, 6.45) is 3.63. The largest absolute Gasteiger partial charge is 0.373 e. The van der Waals surface area contributed by atoms with Gasteiger partial charge >= 0.3 is 0 Å². The maximum absolute atomic E-state index is 12.4. The van der Waals surface area contributed by atoms with Crippen LogP contribution < -0.4 is 5.32 Å². The van der Waals surface area contributed by atoms with Crippen molar-refractivity contribution in [2.45, 2.75) is 25.2 Å². The van der Waals surface area contributed by atoms with E-state index in [9.17, 15) is 9.90 Å². The number of carbonyl (C=O) groups excluding carboxylic acids is 1. The average molecular weight is 474 g/mol. The standard InChI is InChI=1S/C23H22N8O4/c1-30-8-6-23(33,21(30)32)20-11-17(29-35-20)15-4-2-3-14(26-15)16-5-7-24-22(27-16)28-18-12-25-31-9-10-34-13-19(18)31/h2-5,7,11-12,33H,6,8-10,13H2,1H3,(H,24,27,28)/t23-/m1/s1. The van der Waals surface area contributed by atoms with Crippen molar-refractivity contribution in [1.82, 2.24) is 34.8 Å². The minimum Gasteiger partial charge on any atom is -0.373 e. The van der Waals surface area contributed by atoms with E-state index in [1.807, 2.05) is 16.8 Å². The number of likely N-dealkylation sites (N-methyl/N-ethyl adjacent to an activating group) is 1. The molecule has 0 spiro atoms. The van der Waals surface area contributed by atoms with Crippen molar-refractivity contribution >= 4 is 17.5 Å². The van der Waals surface area contributed by atoms with Gasteiger partial charge in [0.25, 0.3) is 5.91 Å². The minimum absolute atomic E-state index is 0.107. The fourth-order valence-corrected chi connectivity index (χ4v) is 4.26. The van der Waals surface area contributed by atoms with Crippen molar-refractivity contribution in [1.29, 1.82) is 0 Å². The first-order valence-corrected chi connectivity index (χ1v) is 11.2. The van der Waals surface area contributed by atoms with Gasteiger partial charge in [0.05, 0.1) is 54.4 Å². The van der Waals surface area contributed by atoms with Gasteiger partial charge in [-0.1, -0.05) is 11.2 Å². The number of hydrogen-bond donors (Lipinski definition) is 2. The van der Waals surface area contributed by atoms with Crippen LogP contribution in [0.2, 0.25) is 0 Å². The molecule has 0 aliphatic carbocycles. The molecule has 2 N–H and O–H groups in total. The molecule has 6 rings (SSSR count). The molecular formula is C23H22N8O4. The van der Waals surface area contributed by atoms with E-state index in [0.29, 0.717) is 55.0 Å². The van der Waals surface area contributed by atoms with Crippen molar-refractivity contribution in [3.05, 3.63) is 54.2 Å². The van der Waals surface area contributed by atoms with Crippen molar-refractivity contribution in [3.8, 4) is 22.8 Å². The number of hydrogen-bond acceptors (Lipinski definition) is 10. The van der Waals surface area contributed by atoms with E-state index >= 15 is 0 Å². The maximum atomic E-state index is 12.4. The summed E-state index contributed by atoms with van der Waals surface area (Å²) in [4.78, 5) is 27.4. The summed E-state index contributed by atoms with van der Waals surface area (Å²) < 4.78 is 12.8. The molecule has 178 valence electrons. The Kier molecular flexibility index (Phi) is 5.04. The molecule has 4 aromatic rings. The zero-order valence-corrected chi connectivity index (χ0v) is 18.9. The smallest absolute Gasteiger partial charge is 0.262 e. The quantitative estimate of drug-likeness (QED) is 0.438. The van der Waals surface area contributed by atoms with E-state index in [0.717, 1.165) is 11.4 Å². The van der Waals surface area contributed by atoms with Gasteiger partial charge < -0.3 is 24.6 Å². The first-order chi connectivity index (χ1) is 17.0. The Bertz CT molecular complexity index is 1420. The second kappa shape index (κ2) is 8.25. The number of aliphatic hydroxyl groups is 1.